The molecule has 0 aliphatic heterocycles. The molecule has 0 aliphatic carbocycles. The average molecular weight is 304 g/mol. The Bertz CT molecular complexity index is 773. The molecule has 3 rings (SSSR count). The van der Waals surface area contributed by atoms with E-state index < -0.39 is 0 Å². The lowest BCUT2D eigenvalue weighted by Crippen LogP contribution is -2.02. The van der Waals surface area contributed by atoms with Crippen molar-refractivity contribution in [2.45, 2.75) is 0 Å². The fourth-order valence-corrected chi connectivity index (χ4v) is 2.74. The fourth-order valence-electron chi connectivity index (χ4n) is 2.09. The fraction of sp³-hybridized carbons (Fsp3) is 0. The third-order valence-electron chi connectivity index (χ3n) is 3.22. The van der Waals surface area contributed by atoms with Crippen molar-refractivity contribution in [2.75, 3.05) is 0 Å². The van der Waals surface area contributed by atoms with Crippen LogP contribution < -0.4 is 5.73 Å². The second-order valence-corrected chi connectivity index (χ2v) is 5.59. The predicted octanol–water partition coefficient (Wildman–Crippen LogP) is 4.87. The number of aliphatic imine (C=N–C) groups is 1. The number of allylic oxidation sites excluding steroid dienone is 1. The minimum absolute atomic E-state index is 0.710. The predicted molar refractivity (Wildman–Crippen MR) is 95.6 cm³/mol. The summed E-state index contributed by atoms with van der Waals surface area (Å²) < 4.78 is 0. The lowest BCUT2D eigenvalue weighted by molar-refractivity contribution is 1.49. The van der Waals surface area contributed by atoms with Gasteiger partial charge in [-0.1, -0.05) is 48.5 Å². The van der Waals surface area contributed by atoms with E-state index in [4.69, 9.17) is 10.7 Å². The molecule has 0 aliphatic rings. The average Bonchev–Trinajstić information content (AvgIpc) is 3.10. The first-order valence-corrected chi connectivity index (χ1v) is 7.96. The molecule has 0 bridgehead atoms. The molecule has 0 spiro atoms. The number of hydrogen-bond acceptors (Lipinski definition) is 3. The lowest BCUT2D eigenvalue weighted by atomic mass is 10.1. The molecule has 0 amide bonds. The van der Waals surface area contributed by atoms with Crippen LogP contribution in [-0.2, 0) is 0 Å². The van der Waals surface area contributed by atoms with E-state index in [0.717, 1.165) is 22.5 Å². The van der Waals surface area contributed by atoms with Gasteiger partial charge in [-0.25, -0.2) is 4.99 Å². The van der Waals surface area contributed by atoms with Gasteiger partial charge in [-0.15, -0.1) is 0 Å². The highest BCUT2D eigenvalue weighted by Crippen LogP contribution is 2.18. The first-order chi connectivity index (χ1) is 10.8. The van der Waals surface area contributed by atoms with Gasteiger partial charge in [0.25, 0.3) is 0 Å². The van der Waals surface area contributed by atoms with Crippen LogP contribution in [0.5, 0.6) is 0 Å². The zero-order chi connectivity index (χ0) is 15.2. The number of hydrogen-bond donors (Lipinski definition) is 1. The lowest BCUT2D eigenvalue weighted by Gasteiger charge is -2.04. The second-order valence-electron chi connectivity index (χ2n) is 4.81. The molecular formula is C19H16N2S. The zero-order valence-electron chi connectivity index (χ0n) is 12.0. The maximum atomic E-state index is 6.24. The first-order valence-electron chi connectivity index (χ1n) is 7.02. The first kappa shape index (κ1) is 14.3. The molecule has 1 heterocycles. The van der Waals surface area contributed by atoms with Gasteiger partial charge in [0.15, 0.2) is 0 Å². The summed E-state index contributed by atoms with van der Waals surface area (Å²) in [7, 11) is 0. The van der Waals surface area contributed by atoms with Gasteiger partial charge in [-0.05, 0) is 35.2 Å². The summed E-state index contributed by atoms with van der Waals surface area (Å²) in [5, 5.41) is 4.12. The van der Waals surface area contributed by atoms with Crippen LogP contribution >= 0.6 is 11.3 Å². The molecule has 108 valence electrons. The van der Waals surface area contributed by atoms with Crippen molar-refractivity contribution < 1.29 is 0 Å². The van der Waals surface area contributed by atoms with Gasteiger partial charge in [0.1, 0.15) is 0 Å². The van der Waals surface area contributed by atoms with Gasteiger partial charge in [0.05, 0.1) is 11.4 Å². The molecular weight excluding hydrogens is 288 g/mol. The molecule has 0 saturated heterocycles. The van der Waals surface area contributed by atoms with Crippen LogP contribution in [0.25, 0.3) is 5.70 Å². The molecule has 2 aromatic carbocycles. The van der Waals surface area contributed by atoms with Gasteiger partial charge in [0.2, 0.25) is 0 Å². The van der Waals surface area contributed by atoms with Crippen molar-refractivity contribution in [2.24, 2.45) is 10.7 Å². The van der Waals surface area contributed by atoms with Crippen LogP contribution in [-0.4, -0.2) is 5.71 Å². The summed E-state index contributed by atoms with van der Waals surface area (Å²) in [6, 6.07) is 21.9. The van der Waals surface area contributed by atoms with E-state index in [0.29, 0.717) is 5.70 Å². The molecule has 2 N–H and O–H groups in total. The summed E-state index contributed by atoms with van der Waals surface area (Å²) in [6.07, 6.45) is 1.93. The van der Waals surface area contributed by atoms with Gasteiger partial charge < -0.3 is 5.73 Å². The van der Waals surface area contributed by atoms with Crippen LogP contribution in [0.4, 0.5) is 5.69 Å². The largest absolute Gasteiger partial charge is 0.398 e. The third-order valence-corrected chi connectivity index (χ3v) is 3.91. The van der Waals surface area contributed by atoms with Crippen molar-refractivity contribution in [3.63, 3.8) is 0 Å². The minimum atomic E-state index is 0.710. The molecule has 0 fully saturated rings. The highest BCUT2D eigenvalue weighted by molar-refractivity contribution is 7.08. The van der Waals surface area contributed by atoms with E-state index in [9.17, 15) is 0 Å². The minimum Gasteiger partial charge on any atom is -0.398 e. The molecule has 2 nitrogen and oxygen atoms in total. The van der Waals surface area contributed by atoms with Crippen LogP contribution in [0.3, 0.4) is 0 Å². The zero-order valence-corrected chi connectivity index (χ0v) is 12.8. The highest BCUT2D eigenvalue weighted by Gasteiger charge is 2.04. The number of benzene rings is 2. The summed E-state index contributed by atoms with van der Waals surface area (Å²) >= 11 is 1.65. The Labute approximate surface area is 134 Å². The van der Waals surface area contributed by atoms with Gasteiger partial charge in [-0.3, -0.25) is 0 Å². The molecule has 3 heteroatoms. The SMILES string of the molecule is N/C(=C\C(=Nc1ccccc1)c1ccsc1)c1ccccc1. The number of rotatable bonds is 4. The summed E-state index contributed by atoms with van der Waals surface area (Å²) in [6.45, 7) is 0. The van der Waals surface area contributed by atoms with E-state index in [2.05, 4.69) is 11.4 Å². The number of nitrogens with two attached hydrogens (primary N) is 1. The Kier molecular flexibility index (Phi) is 4.47. The molecule has 0 unspecified atom stereocenters. The smallest absolute Gasteiger partial charge is 0.0738 e. The molecule has 3 aromatic rings. The monoisotopic (exact) mass is 304 g/mol. The molecule has 22 heavy (non-hydrogen) atoms. The number of para-hydroxylation sites is 1. The number of nitrogens with zero attached hydrogens (tertiary/aromatic N) is 1. The summed E-state index contributed by atoms with van der Waals surface area (Å²) in [4.78, 5) is 4.73. The summed E-state index contributed by atoms with van der Waals surface area (Å²) in [5.74, 6) is 0. The third kappa shape index (κ3) is 3.51. The Hall–Kier alpha value is -2.65. The van der Waals surface area contributed by atoms with Crippen molar-refractivity contribution in [1.29, 1.82) is 0 Å². The van der Waals surface area contributed by atoms with E-state index >= 15 is 0 Å². The Morgan fingerprint density at radius 1 is 0.864 bits per heavy atom. The normalized spacial score (nSPS) is 12.4. The second kappa shape index (κ2) is 6.87. The molecule has 1 aromatic heterocycles. The highest BCUT2D eigenvalue weighted by atomic mass is 32.1. The van der Waals surface area contributed by atoms with Crippen LogP contribution in [0.1, 0.15) is 11.1 Å². The molecule has 0 saturated carbocycles. The Morgan fingerprint density at radius 2 is 1.55 bits per heavy atom. The maximum absolute atomic E-state index is 6.24. The van der Waals surface area contributed by atoms with Gasteiger partial charge >= 0.3 is 0 Å². The Morgan fingerprint density at radius 3 is 2.18 bits per heavy atom. The quantitative estimate of drug-likeness (QED) is 0.686. The van der Waals surface area contributed by atoms with E-state index in [1.54, 1.807) is 11.3 Å². The summed E-state index contributed by atoms with van der Waals surface area (Å²) in [5.41, 5.74) is 10.8. The molecule has 0 radical (unpaired) electrons. The topological polar surface area (TPSA) is 38.4 Å². The van der Waals surface area contributed by atoms with Crippen molar-refractivity contribution in [3.05, 3.63) is 94.7 Å². The van der Waals surface area contributed by atoms with Gasteiger partial charge in [-0.2, -0.15) is 11.3 Å². The van der Waals surface area contributed by atoms with Crippen LogP contribution in [0, 0.1) is 0 Å². The maximum Gasteiger partial charge on any atom is 0.0738 e. The van der Waals surface area contributed by atoms with Crippen molar-refractivity contribution in [1.82, 2.24) is 0 Å². The standard InChI is InChI=1S/C19H16N2S/c20-18(15-7-3-1-4-8-15)13-19(16-11-12-22-14-16)21-17-9-5-2-6-10-17/h1-14H,20H2/b18-13-,21-19?. The number of thiophene rings is 1. The Balaban J connectivity index is 2.02. The van der Waals surface area contributed by atoms with Crippen LogP contribution in [0.15, 0.2) is 88.6 Å². The van der Waals surface area contributed by atoms with Crippen LogP contribution in [0.2, 0.25) is 0 Å². The van der Waals surface area contributed by atoms with E-state index in [1.165, 1.54) is 0 Å². The van der Waals surface area contributed by atoms with Crippen molar-refractivity contribution >= 4 is 28.4 Å². The van der Waals surface area contributed by atoms with Crippen molar-refractivity contribution in [3.8, 4) is 0 Å². The molecule has 0 atom stereocenters. The van der Waals surface area contributed by atoms with E-state index in [1.807, 2.05) is 72.1 Å². The van der Waals surface area contributed by atoms with Gasteiger partial charge in [0, 0.05) is 16.6 Å². The van der Waals surface area contributed by atoms with E-state index in [-0.39, 0.29) is 0 Å².